The van der Waals surface area contributed by atoms with E-state index in [0.717, 1.165) is 24.8 Å². The lowest BCUT2D eigenvalue weighted by Crippen LogP contribution is -2.51. The van der Waals surface area contributed by atoms with E-state index in [1.807, 2.05) is 17.0 Å². The summed E-state index contributed by atoms with van der Waals surface area (Å²) in [6.07, 6.45) is -0.247. The first-order valence-electron chi connectivity index (χ1n) is 16.3. The molecule has 13 heteroatoms. The zero-order valence-corrected chi connectivity index (χ0v) is 28.3. The number of aromatic nitrogens is 4. The first-order chi connectivity index (χ1) is 22.4. The predicted molar refractivity (Wildman–Crippen MR) is 174 cm³/mol. The van der Waals surface area contributed by atoms with Crippen molar-refractivity contribution in [3.8, 4) is 5.75 Å². The molecule has 0 radical (unpaired) electrons. The Morgan fingerprint density at radius 1 is 1.02 bits per heavy atom. The van der Waals surface area contributed by atoms with E-state index in [1.165, 1.54) is 24.3 Å². The number of carbonyl (C=O) groups is 2. The quantitative estimate of drug-likeness (QED) is 0.250. The summed E-state index contributed by atoms with van der Waals surface area (Å²) >= 11 is 0. The maximum absolute atomic E-state index is 14.6. The fourth-order valence-corrected chi connectivity index (χ4v) is 6.74. The van der Waals surface area contributed by atoms with Crippen LogP contribution in [0.1, 0.15) is 113 Å². The maximum Gasteiger partial charge on any atom is 0.573 e. The summed E-state index contributed by atoms with van der Waals surface area (Å²) in [4.78, 5) is 34.6. The van der Waals surface area contributed by atoms with Crippen molar-refractivity contribution in [3.63, 3.8) is 0 Å². The maximum atomic E-state index is 14.6. The second-order valence-corrected chi connectivity index (χ2v) is 15.1. The molecule has 2 aromatic carbocycles. The number of nitrogens with one attached hydrogen (secondary N) is 2. The van der Waals surface area contributed by atoms with Crippen molar-refractivity contribution >= 4 is 17.5 Å². The zero-order valence-electron chi connectivity index (χ0n) is 28.3. The smallest absolute Gasteiger partial charge is 0.406 e. The molecule has 1 spiro atoms. The fourth-order valence-electron chi connectivity index (χ4n) is 6.74. The molecule has 258 valence electrons. The van der Waals surface area contributed by atoms with E-state index in [0.29, 0.717) is 42.1 Å². The van der Waals surface area contributed by atoms with Gasteiger partial charge in [-0.3, -0.25) is 14.6 Å². The van der Waals surface area contributed by atoms with Crippen LogP contribution in [0.2, 0.25) is 0 Å². The van der Waals surface area contributed by atoms with Crippen LogP contribution in [0.5, 0.6) is 5.75 Å². The van der Waals surface area contributed by atoms with Gasteiger partial charge in [-0.2, -0.15) is 5.21 Å². The molecule has 3 aromatic rings. The number of tetrazole rings is 1. The highest BCUT2D eigenvalue weighted by atomic mass is 19.4. The average molecular weight is 668 g/mol. The summed E-state index contributed by atoms with van der Waals surface area (Å²) in [5, 5.41) is 16.3. The Morgan fingerprint density at radius 3 is 2.21 bits per heavy atom. The van der Waals surface area contributed by atoms with Gasteiger partial charge < -0.3 is 15.0 Å². The third kappa shape index (κ3) is 8.22. The topological polar surface area (TPSA) is 125 Å². The number of carbonyl (C=O) groups excluding carboxylic acids is 2. The van der Waals surface area contributed by atoms with Crippen LogP contribution >= 0.6 is 0 Å². The molecule has 1 saturated carbocycles. The van der Waals surface area contributed by atoms with E-state index in [9.17, 15) is 22.8 Å². The fraction of sp³-hybridized carbons (Fsp3) is 0.543. The molecule has 1 aromatic heterocycles. The number of hydrogen-bond donors (Lipinski definition) is 2. The molecular weight excluding hydrogens is 623 g/mol. The molecule has 1 fully saturated rings. The Balaban J connectivity index is 1.49. The Kier molecular flexibility index (Phi) is 9.71. The van der Waals surface area contributed by atoms with Crippen LogP contribution in [0, 0.1) is 16.7 Å². The van der Waals surface area contributed by atoms with Crippen molar-refractivity contribution in [3.05, 3.63) is 71.0 Å². The molecule has 1 aliphatic carbocycles. The SMILES string of the molecule is CC(C)(C)CC[C@H](c1ccc(C(=O)NCc2nn[nH]n2)cc1)N1C(=O)C(c2ccc(OC(F)(F)F)cc2)=NC12CCC(C(C)(C)C)CC2. The van der Waals surface area contributed by atoms with Gasteiger partial charge >= 0.3 is 6.36 Å². The number of hydrogen-bond acceptors (Lipinski definition) is 7. The molecule has 48 heavy (non-hydrogen) atoms. The lowest BCUT2D eigenvalue weighted by Gasteiger charge is -2.47. The highest BCUT2D eigenvalue weighted by Crippen LogP contribution is 2.50. The summed E-state index contributed by atoms with van der Waals surface area (Å²) in [7, 11) is 0. The van der Waals surface area contributed by atoms with Gasteiger partial charge in [0.15, 0.2) is 5.82 Å². The third-order valence-corrected chi connectivity index (χ3v) is 9.40. The number of alkyl halides is 3. The molecule has 5 rings (SSSR count). The Morgan fingerprint density at radius 2 is 1.67 bits per heavy atom. The van der Waals surface area contributed by atoms with Crippen LogP contribution in [0.4, 0.5) is 13.2 Å². The lowest BCUT2D eigenvalue weighted by atomic mass is 9.69. The third-order valence-electron chi connectivity index (χ3n) is 9.40. The predicted octanol–water partition coefficient (Wildman–Crippen LogP) is 7.16. The van der Waals surface area contributed by atoms with Crippen molar-refractivity contribution in [2.24, 2.45) is 21.7 Å². The van der Waals surface area contributed by atoms with Crippen LogP contribution in [0.3, 0.4) is 0 Å². The van der Waals surface area contributed by atoms with Gasteiger partial charge in [-0.1, -0.05) is 58.9 Å². The molecule has 0 bridgehead atoms. The van der Waals surface area contributed by atoms with Crippen molar-refractivity contribution in [1.82, 2.24) is 30.8 Å². The zero-order chi connectivity index (χ0) is 34.9. The number of amides is 2. The second kappa shape index (κ2) is 13.3. The monoisotopic (exact) mass is 667 g/mol. The molecule has 10 nitrogen and oxygen atoms in total. The average Bonchev–Trinajstić information content (AvgIpc) is 3.62. The van der Waals surface area contributed by atoms with Crippen LogP contribution in [0.25, 0.3) is 0 Å². The van der Waals surface area contributed by atoms with Crippen molar-refractivity contribution < 1.29 is 27.5 Å². The number of halogens is 3. The van der Waals surface area contributed by atoms with Gasteiger partial charge in [-0.15, -0.1) is 23.4 Å². The van der Waals surface area contributed by atoms with Crippen LogP contribution in [0.15, 0.2) is 53.5 Å². The number of aromatic amines is 1. The van der Waals surface area contributed by atoms with Crippen LogP contribution in [-0.4, -0.2) is 55.1 Å². The standard InChI is InChI=1S/C35H44F3N7O3/c1-32(2,3)18-17-27(22-7-9-24(10-8-22)30(46)39-21-28-41-43-44-42-28)45-31(47)29(23-11-13-26(14-12-23)48-35(36,37)38)40-34(45)19-15-25(16-20-34)33(4,5)6/h7-14,25,27H,15-21H2,1-6H3,(H,39,46)(H,41,42,43,44)/t25?,27-,34?/m1/s1. The molecule has 1 aliphatic heterocycles. The van der Waals surface area contributed by atoms with E-state index in [1.54, 1.807) is 12.1 Å². The summed E-state index contributed by atoms with van der Waals surface area (Å²) in [5.74, 6) is -0.0973. The highest BCUT2D eigenvalue weighted by Gasteiger charge is 2.52. The molecule has 1 atom stereocenters. The first-order valence-corrected chi connectivity index (χ1v) is 16.3. The Hall–Kier alpha value is -4.29. The molecule has 2 heterocycles. The molecule has 0 saturated heterocycles. The van der Waals surface area contributed by atoms with Gasteiger partial charge in [0.25, 0.3) is 11.8 Å². The van der Waals surface area contributed by atoms with E-state index in [2.05, 4.69) is 72.2 Å². The van der Waals surface area contributed by atoms with Crippen molar-refractivity contribution in [2.75, 3.05) is 0 Å². The minimum atomic E-state index is -4.82. The molecular formula is C35H44F3N7O3. The van der Waals surface area contributed by atoms with Gasteiger partial charge in [0, 0.05) is 11.1 Å². The van der Waals surface area contributed by atoms with E-state index in [-0.39, 0.29) is 46.7 Å². The number of aliphatic imine (C=N–C) groups is 1. The Bertz CT molecular complexity index is 1600. The van der Waals surface area contributed by atoms with Crippen molar-refractivity contribution in [2.45, 2.75) is 105 Å². The minimum Gasteiger partial charge on any atom is -0.406 e. The number of ether oxygens (including phenoxy) is 1. The van der Waals surface area contributed by atoms with E-state index in [4.69, 9.17) is 4.99 Å². The van der Waals surface area contributed by atoms with Gasteiger partial charge in [0.05, 0.1) is 12.6 Å². The van der Waals surface area contributed by atoms with Crippen LogP contribution in [-0.2, 0) is 11.3 Å². The summed E-state index contributed by atoms with van der Waals surface area (Å²) in [6, 6.07) is 12.3. The van der Waals surface area contributed by atoms with E-state index < -0.39 is 12.0 Å². The number of nitrogens with zero attached hydrogens (tertiary/aromatic N) is 5. The summed E-state index contributed by atoms with van der Waals surface area (Å²) < 4.78 is 42.6. The number of benzene rings is 2. The normalized spacial score (nSPS) is 20.9. The van der Waals surface area contributed by atoms with Gasteiger partial charge in [0.2, 0.25) is 0 Å². The molecule has 2 aliphatic rings. The highest BCUT2D eigenvalue weighted by molar-refractivity contribution is 6.46. The second-order valence-electron chi connectivity index (χ2n) is 15.1. The number of H-pyrrole nitrogens is 1. The minimum absolute atomic E-state index is 0.0228. The summed E-state index contributed by atoms with van der Waals surface area (Å²) in [5.41, 5.74) is 1.28. The lowest BCUT2D eigenvalue weighted by molar-refractivity contribution is -0.274. The number of rotatable bonds is 9. The summed E-state index contributed by atoms with van der Waals surface area (Å²) in [6.45, 7) is 13.3. The Labute approximate surface area is 278 Å². The largest absolute Gasteiger partial charge is 0.573 e. The van der Waals surface area contributed by atoms with Gasteiger partial charge in [0.1, 0.15) is 17.1 Å². The molecule has 2 N–H and O–H groups in total. The van der Waals surface area contributed by atoms with Gasteiger partial charge in [-0.25, -0.2) is 0 Å². The molecule has 2 amide bonds. The van der Waals surface area contributed by atoms with Gasteiger partial charge in [-0.05, 0) is 97.2 Å². The van der Waals surface area contributed by atoms with Crippen molar-refractivity contribution in [1.29, 1.82) is 0 Å². The first kappa shape index (κ1) is 35.0. The van der Waals surface area contributed by atoms with Crippen LogP contribution < -0.4 is 10.1 Å². The molecule has 0 unspecified atom stereocenters. The van der Waals surface area contributed by atoms with E-state index >= 15 is 0 Å².